The van der Waals surface area contributed by atoms with Crippen molar-refractivity contribution in [3.8, 4) is 5.75 Å². The second-order valence-corrected chi connectivity index (χ2v) is 7.96. The van der Waals surface area contributed by atoms with Crippen molar-refractivity contribution < 1.29 is 28.6 Å². The Labute approximate surface area is 192 Å². The van der Waals surface area contributed by atoms with Crippen LogP contribution in [0.1, 0.15) is 24.1 Å². The monoisotopic (exact) mass is 454 g/mol. The molecule has 2 saturated heterocycles. The zero-order chi connectivity index (χ0) is 23.4. The molecule has 33 heavy (non-hydrogen) atoms. The first kappa shape index (κ1) is 22.9. The molecule has 2 heterocycles. The Morgan fingerprint density at radius 3 is 2.36 bits per heavy atom. The van der Waals surface area contributed by atoms with Crippen LogP contribution in [0.4, 0.5) is 4.39 Å². The van der Waals surface area contributed by atoms with E-state index in [1.807, 2.05) is 6.92 Å². The van der Waals surface area contributed by atoms with Gasteiger partial charge in [0.15, 0.2) is 0 Å². The molecule has 8 heteroatoms. The van der Waals surface area contributed by atoms with Gasteiger partial charge in [0, 0.05) is 31.7 Å². The van der Waals surface area contributed by atoms with Gasteiger partial charge in [0.05, 0.1) is 31.4 Å². The maximum absolute atomic E-state index is 13.4. The van der Waals surface area contributed by atoms with Crippen molar-refractivity contribution in [3.63, 3.8) is 0 Å². The molecule has 1 amide bonds. The number of hydrogen-bond acceptors (Lipinski definition) is 6. The minimum absolute atomic E-state index is 0.00209. The molecular formula is C25H27FN2O5. The third-order valence-corrected chi connectivity index (χ3v) is 5.93. The fourth-order valence-corrected chi connectivity index (χ4v) is 4.21. The lowest BCUT2D eigenvalue weighted by atomic mass is 9.95. The van der Waals surface area contributed by atoms with Gasteiger partial charge in [-0.25, -0.2) is 4.39 Å². The van der Waals surface area contributed by atoms with Gasteiger partial charge in [0.2, 0.25) is 0 Å². The number of rotatable bonds is 7. The van der Waals surface area contributed by atoms with Gasteiger partial charge in [-0.05, 0) is 48.9 Å². The number of hydrogen-bond donors (Lipinski definition) is 1. The van der Waals surface area contributed by atoms with Crippen molar-refractivity contribution in [3.05, 3.63) is 71.0 Å². The Morgan fingerprint density at radius 2 is 1.73 bits per heavy atom. The first-order chi connectivity index (χ1) is 16.0. The molecule has 0 spiro atoms. The number of ketones is 1. The minimum atomic E-state index is -0.758. The summed E-state index contributed by atoms with van der Waals surface area (Å²) < 4.78 is 24.3. The summed E-state index contributed by atoms with van der Waals surface area (Å²) in [5, 5.41) is 11.0. The number of amides is 1. The summed E-state index contributed by atoms with van der Waals surface area (Å²) in [7, 11) is 0. The van der Waals surface area contributed by atoms with Gasteiger partial charge in [-0.3, -0.25) is 14.5 Å². The van der Waals surface area contributed by atoms with E-state index in [1.54, 1.807) is 24.3 Å². The number of benzene rings is 2. The Kier molecular flexibility index (Phi) is 7.05. The molecule has 0 aromatic heterocycles. The van der Waals surface area contributed by atoms with Crippen LogP contribution in [-0.2, 0) is 14.3 Å². The van der Waals surface area contributed by atoms with Crippen LogP contribution in [0.5, 0.6) is 5.75 Å². The van der Waals surface area contributed by atoms with E-state index < -0.39 is 23.5 Å². The lowest BCUT2D eigenvalue weighted by Gasteiger charge is -2.31. The van der Waals surface area contributed by atoms with E-state index in [1.165, 1.54) is 29.2 Å². The fourth-order valence-electron chi connectivity index (χ4n) is 4.21. The maximum Gasteiger partial charge on any atom is 0.295 e. The standard InChI is InChI=1S/C25H27FN2O5/c1-2-33-20-9-5-17(6-10-20)22-21(23(29)18-3-7-19(26)8-4-18)24(30)25(31)28(22)12-11-27-13-15-32-16-14-27/h3-10,22,29H,2,11-16H2,1H3/b23-21+/t22-/m1/s1. The maximum atomic E-state index is 13.4. The number of aliphatic hydroxyl groups is 1. The van der Waals surface area contributed by atoms with Crippen molar-refractivity contribution in [2.45, 2.75) is 13.0 Å². The van der Waals surface area contributed by atoms with E-state index in [2.05, 4.69) is 4.90 Å². The van der Waals surface area contributed by atoms with Gasteiger partial charge < -0.3 is 19.5 Å². The predicted octanol–water partition coefficient (Wildman–Crippen LogP) is 2.98. The molecule has 0 aliphatic carbocycles. The highest BCUT2D eigenvalue weighted by molar-refractivity contribution is 6.46. The van der Waals surface area contributed by atoms with Gasteiger partial charge in [-0.15, -0.1) is 0 Å². The molecule has 0 saturated carbocycles. The van der Waals surface area contributed by atoms with Crippen LogP contribution in [0.15, 0.2) is 54.1 Å². The smallest absolute Gasteiger partial charge is 0.295 e. The summed E-state index contributed by atoms with van der Waals surface area (Å²) in [5.74, 6) is -1.52. The van der Waals surface area contributed by atoms with Crippen LogP contribution in [-0.4, -0.2) is 72.6 Å². The zero-order valence-corrected chi connectivity index (χ0v) is 18.5. The Bertz CT molecular complexity index is 1030. The number of aliphatic hydroxyl groups excluding tert-OH is 1. The Morgan fingerprint density at radius 1 is 1.06 bits per heavy atom. The summed E-state index contributed by atoms with van der Waals surface area (Å²) in [6.45, 7) is 6.08. The second-order valence-electron chi connectivity index (χ2n) is 7.96. The van der Waals surface area contributed by atoms with Crippen molar-refractivity contribution >= 4 is 17.4 Å². The largest absolute Gasteiger partial charge is 0.507 e. The number of nitrogens with zero attached hydrogens (tertiary/aromatic N) is 2. The quantitative estimate of drug-likeness (QED) is 0.394. The van der Waals surface area contributed by atoms with Crippen molar-refractivity contribution in [2.24, 2.45) is 0 Å². The van der Waals surface area contributed by atoms with Crippen LogP contribution in [0.3, 0.4) is 0 Å². The normalized spacial score (nSPS) is 20.9. The molecule has 7 nitrogen and oxygen atoms in total. The molecule has 2 fully saturated rings. The number of morpholine rings is 1. The first-order valence-electron chi connectivity index (χ1n) is 11.1. The average Bonchev–Trinajstić information content (AvgIpc) is 3.09. The highest BCUT2D eigenvalue weighted by Crippen LogP contribution is 2.39. The van der Waals surface area contributed by atoms with Crippen LogP contribution < -0.4 is 4.74 Å². The molecule has 2 aliphatic rings. The van der Waals surface area contributed by atoms with Crippen molar-refractivity contribution in [2.75, 3.05) is 46.0 Å². The minimum Gasteiger partial charge on any atom is -0.507 e. The molecule has 4 rings (SSSR count). The molecule has 2 aliphatic heterocycles. The molecule has 0 radical (unpaired) electrons. The number of ether oxygens (including phenoxy) is 2. The predicted molar refractivity (Wildman–Crippen MR) is 120 cm³/mol. The average molecular weight is 454 g/mol. The van der Waals surface area contributed by atoms with E-state index in [0.717, 1.165) is 13.1 Å². The van der Waals surface area contributed by atoms with Crippen molar-refractivity contribution in [1.29, 1.82) is 0 Å². The van der Waals surface area contributed by atoms with Crippen LogP contribution in [0.2, 0.25) is 0 Å². The molecule has 174 valence electrons. The number of likely N-dealkylation sites (tertiary alicyclic amines) is 1. The summed E-state index contributed by atoms with van der Waals surface area (Å²) >= 11 is 0. The van der Waals surface area contributed by atoms with E-state index >= 15 is 0 Å². The molecule has 2 aromatic carbocycles. The van der Waals surface area contributed by atoms with Gasteiger partial charge in [-0.2, -0.15) is 0 Å². The Hall–Kier alpha value is -3.23. The van der Waals surface area contributed by atoms with Crippen molar-refractivity contribution in [1.82, 2.24) is 9.80 Å². The summed E-state index contributed by atoms with van der Waals surface area (Å²) in [6, 6.07) is 11.6. The molecule has 0 bridgehead atoms. The summed E-state index contributed by atoms with van der Waals surface area (Å²) in [5.41, 5.74) is 0.958. The van der Waals surface area contributed by atoms with Crippen LogP contribution >= 0.6 is 0 Å². The van der Waals surface area contributed by atoms with Gasteiger partial charge in [0.1, 0.15) is 17.3 Å². The van der Waals surface area contributed by atoms with Gasteiger partial charge >= 0.3 is 0 Å². The summed E-state index contributed by atoms with van der Waals surface area (Å²) in [4.78, 5) is 29.8. The molecule has 1 atom stereocenters. The number of halogens is 1. The molecule has 1 N–H and O–H groups in total. The topological polar surface area (TPSA) is 79.3 Å². The van der Waals surface area contributed by atoms with E-state index in [0.29, 0.717) is 44.2 Å². The van der Waals surface area contributed by atoms with Crippen LogP contribution in [0, 0.1) is 5.82 Å². The number of carbonyl (C=O) groups is 2. The lowest BCUT2D eigenvalue weighted by Crippen LogP contribution is -2.42. The zero-order valence-electron chi connectivity index (χ0n) is 18.5. The number of Topliss-reactive ketones (excluding diaryl/α,β-unsaturated/α-hetero) is 1. The number of carbonyl (C=O) groups excluding carboxylic acids is 2. The van der Waals surface area contributed by atoms with Gasteiger partial charge in [-0.1, -0.05) is 12.1 Å². The molecule has 0 unspecified atom stereocenters. The first-order valence-corrected chi connectivity index (χ1v) is 11.1. The third-order valence-electron chi connectivity index (χ3n) is 5.93. The van der Waals surface area contributed by atoms with E-state index in [9.17, 15) is 19.1 Å². The van der Waals surface area contributed by atoms with Gasteiger partial charge in [0.25, 0.3) is 11.7 Å². The SMILES string of the molecule is CCOc1ccc([C@@H]2/C(=C(\O)c3ccc(F)cc3)C(=O)C(=O)N2CCN2CCOCC2)cc1. The van der Waals surface area contributed by atoms with E-state index in [4.69, 9.17) is 9.47 Å². The summed E-state index contributed by atoms with van der Waals surface area (Å²) in [6.07, 6.45) is 0. The second kappa shape index (κ2) is 10.1. The fraction of sp³-hybridized carbons (Fsp3) is 0.360. The molecule has 2 aromatic rings. The van der Waals surface area contributed by atoms with Crippen LogP contribution in [0.25, 0.3) is 5.76 Å². The van der Waals surface area contributed by atoms with E-state index in [-0.39, 0.29) is 16.9 Å². The lowest BCUT2D eigenvalue weighted by molar-refractivity contribution is -0.140. The Balaban J connectivity index is 1.71. The highest BCUT2D eigenvalue weighted by atomic mass is 19.1. The highest BCUT2D eigenvalue weighted by Gasteiger charge is 2.46. The molecular weight excluding hydrogens is 427 g/mol. The third kappa shape index (κ3) is 4.91.